The number of aryl methyl sites for hydroxylation is 1. The molecule has 1 atom stereocenters. The molecule has 4 aromatic rings. The molecule has 0 aliphatic heterocycles. The van der Waals surface area contributed by atoms with Crippen LogP contribution in [0, 0.1) is 12.8 Å². The van der Waals surface area contributed by atoms with Crippen LogP contribution in [0.25, 0.3) is 11.5 Å². The molecule has 0 spiro atoms. The fraction of sp³-hybridized carbons (Fsp3) is 0.207. The van der Waals surface area contributed by atoms with Gasteiger partial charge in [0, 0.05) is 12.0 Å². The molecule has 7 nitrogen and oxygen atoms in total. The summed E-state index contributed by atoms with van der Waals surface area (Å²) in [7, 11) is 0. The maximum Gasteiger partial charge on any atom is 0.306 e. The zero-order chi connectivity index (χ0) is 25.3. The van der Waals surface area contributed by atoms with Crippen molar-refractivity contribution in [1.82, 2.24) is 4.98 Å². The Morgan fingerprint density at radius 2 is 1.72 bits per heavy atom. The first kappa shape index (κ1) is 24.7. The number of carbonyl (C=O) groups is 1. The van der Waals surface area contributed by atoms with E-state index in [1.807, 2.05) is 91.9 Å². The molecule has 1 heterocycles. The molecule has 0 fully saturated rings. The number of oxime groups is 1. The molecule has 0 bridgehead atoms. The molecule has 0 amide bonds. The number of benzene rings is 3. The molecule has 184 valence electrons. The van der Waals surface area contributed by atoms with Crippen molar-refractivity contribution >= 4 is 11.7 Å². The van der Waals surface area contributed by atoms with Gasteiger partial charge in [-0.05, 0) is 42.3 Å². The third kappa shape index (κ3) is 6.60. The minimum absolute atomic E-state index is 0.218. The Morgan fingerprint density at radius 3 is 2.44 bits per heavy atom. The molecule has 1 unspecified atom stereocenters. The van der Waals surface area contributed by atoms with Gasteiger partial charge in [0.2, 0.25) is 5.89 Å². The third-order valence-corrected chi connectivity index (χ3v) is 5.62. The molecule has 0 saturated carbocycles. The van der Waals surface area contributed by atoms with Gasteiger partial charge in [-0.3, -0.25) is 4.79 Å². The average molecular weight is 485 g/mol. The van der Waals surface area contributed by atoms with Gasteiger partial charge in [0.25, 0.3) is 0 Å². The second-order valence-corrected chi connectivity index (χ2v) is 8.44. The van der Waals surface area contributed by atoms with Gasteiger partial charge < -0.3 is 19.1 Å². The van der Waals surface area contributed by atoms with Crippen molar-refractivity contribution in [2.75, 3.05) is 0 Å². The lowest BCUT2D eigenvalue weighted by molar-refractivity contribution is -0.140. The smallest absolute Gasteiger partial charge is 0.306 e. The van der Waals surface area contributed by atoms with Crippen LogP contribution in [0.4, 0.5) is 0 Å². The van der Waals surface area contributed by atoms with Crippen molar-refractivity contribution in [1.29, 1.82) is 0 Å². The summed E-state index contributed by atoms with van der Waals surface area (Å²) in [6, 6.07) is 26.7. The third-order valence-electron chi connectivity index (χ3n) is 5.62. The van der Waals surface area contributed by atoms with Gasteiger partial charge in [-0.15, -0.1) is 0 Å². The summed E-state index contributed by atoms with van der Waals surface area (Å²) >= 11 is 0. The molecule has 4 rings (SSSR count). The Morgan fingerprint density at radius 1 is 1.00 bits per heavy atom. The average Bonchev–Trinajstić information content (AvgIpc) is 3.28. The number of ether oxygens (including phenoxy) is 1. The SMILES string of the molecule is Cc1oc(-c2ccccc2)nc1COc1cccc(CON=C(CC(C)C(=O)O)c2ccccc2)c1. The van der Waals surface area contributed by atoms with Gasteiger partial charge in [-0.1, -0.05) is 72.7 Å². The number of aromatic nitrogens is 1. The lowest BCUT2D eigenvalue weighted by Crippen LogP contribution is -2.15. The predicted octanol–water partition coefficient (Wildman–Crippen LogP) is 6.26. The zero-order valence-corrected chi connectivity index (χ0v) is 20.3. The molecule has 0 aliphatic carbocycles. The molecule has 1 aromatic heterocycles. The molecule has 1 N–H and O–H groups in total. The van der Waals surface area contributed by atoms with Crippen LogP contribution in [-0.2, 0) is 22.8 Å². The number of nitrogens with zero attached hydrogens (tertiary/aromatic N) is 2. The topological polar surface area (TPSA) is 94.2 Å². The molecular formula is C29H28N2O5. The highest BCUT2D eigenvalue weighted by atomic mass is 16.6. The summed E-state index contributed by atoms with van der Waals surface area (Å²) in [4.78, 5) is 21.5. The Bertz CT molecular complexity index is 1320. The van der Waals surface area contributed by atoms with E-state index in [1.54, 1.807) is 6.92 Å². The fourth-order valence-corrected chi connectivity index (χ4v) is 3.54. The summed E-state index contributed by atoms with van der Waals surface area (Å²) in [5.41, 5.74) is 3.95. The molecule has 0 aliphatic rings. The standard InChI is InChI=1S/C29H28N2O5/c1-20(29(32)33)16-26(23-11-5-3-6-12-23)31-35-18-22-10-9-15-25(17-22)34-19-27-21(2)36-28(30-27)24-13-7-4-8-14-24/h3-15,17,20H,16,18-19H2,1-2H3,(H,32,33). The quantitative estimate of drug-likeness (QED) is 0.199. The van der Waals surface area contributed by atoms with Crippen LogP contribution in [-0.4, -0.2) is 21.8 Å². The molecule has 7 heteroatoms. The van der Waals surface area contributed by atoms with E-state index in [-0.39, 0.29) is 19.6 Å². The van der Waals surface area contributed by atoms with Crippen LogP contribution in [0.1, 0.15) is 35.9 Å². The molecule has 36 heavy (non-hydrogen) atoms. The number of carboxylic acids is 1. The highest BCUT2D eigenvalue weighted by molar-refractivity contribution is 6.01. The monoisotopic (exact) mass is 484 g/mol. The number of rotatable bonds is 11. The maximum atomic E-state index is 11.3. The van der Waals surface area contributed by atoms with Crippen molar-refractivity contribution in [3.63, 3.8) is 0 Å². The summed E-state index contributed by atoms with van der Waals surface area (Å²) in [6.45, 7) is 4.02. The highest BCUT2D eigenvalue weighted by Gasteiger charge is 2.16. The number of aliphatic carboxylic acids is 1. The van der Waals surface area contributed by atoms with E-state index in [9.17, 15) is 9.90 Å². The van der Waals surface area contributed by atoms with E-state index >= 15 is 0 Å². The Labute approximate surface area is 210 Å². The van der Waals surface area contributed by atoms with Gasteiger partial charge in [0.15, 0.2) is 0 Å². The van der Waals surface area contributed by atoms with Crippen LogP contribution in [0.2, 0.25) is 0 Å². The lowest BCUT2D eigenvalue weighted by Gasteiger charge is -2.11. The summed E-state index contributed by atoms with van der Waals surface area (Å²) < 4.78 is 11.8. The lowest BCUT2D eigenvalue weighted by atomic mass is 9.99. The van der Waals surface area contributed by atoms with E-state index in [0.717, 1.165) is 22.4 Å². The first-order valence-electron chi connectivity index (χ1n) is 11.7. The molecule has 0 saturated heterocycles. The van der Waals surface area contributed by atoms with Gasteiger partial charge in [0.1, 0.15) is 30.4 Å². The molecule has 0 radical (unpaired) electrons. The first-order chi connectivity index (χ1) is 17.5. The van der Waals surface area contributed by atoms with E-state index in [0.29, 0.717) is 23.1 Å². The number of hydrogen-bond acceptors (Lipinski definition) is 6. The van der Waals surface area contributed by atoms with Gasteiger partial charge in [-0.2, -0.15) is 0 Å². The second-order valence-electron chi connectivity index (χ2n) is 8.44. The number of carboxylic acid groups (broad SMARTS) is 1. The molecule has 3 aromatic carbocycles. The number of hydrogen-bond donors (Lipinski definition) is 1. The number of oxazole rings is 1. The van der Waals surface area contributed by atoms with Crippen molar-refractivity contribution in [3.8, 4) is 17.2 Å². The molecular weight excluding hydrogens is 456 g/mol. The Kier molecular flexibility index (Phi) is 8.13. The van der Waals surface area contributed by atoms with Gasteiger partial charge in [0.05, 0.1) is 11.6 Å². The van der Waals surface area contributed by atoms with Crippen molar-refractivity contribution < 1.29 is 23.9 Å². The summed E-state index contributed by atoms with van der Waals surface area (Å²) in [5.74, 6) is 0.504. The van der Waals surface area contributed by atoms with Crippen molar-refractivity contribution in [2.45, 2.75) is 33.5 Å². The zero-order valence-electron chi connectivity index (χ0n) is 20.3. The van der Waals surface area contributed by atoms with Crippen LogP contribution in [0.15, 0.2) is 94.5 Å². The van der Waals surface area contributed by atoms with E-state index in [1.165, 1.54) is 0 Å². The normalized spacial score (nSPS) is 12.2. The fourth-order valence-electron chi connectivity index (χ4n) is 3.54. The van der Waals surface area contributed by atoms with Crippen LogP contribution in [0.5, 0.6) is 5.75 Å². The summed E-state index contributed by atoms with van der Waals surface area (Å²) in [5, 5.41) is 13.6. The van der Waals surface area contributed by atoms with Gasteiger partial charge in [-0.25, -0.2) is 4.98 Å². The highest BCUT2D eigenvalue weighted by Crippen LogP contribution is 2.23. The first-order valence-corrected chi connectivity index (χ1v) is 11.7. The second kappa shape index (κ2) is 11.8. The maximum absolute atomic E-state index is 11.3. The minimum Gasteiger partial charge on any atom is -0.487 e. The van der Waals surface area contributed by atoms with E-state index < -0.39 is 11.9 Å². The van der Waals surface area contributed by atoms with Crippen LogP contribution < -0.4 is 4.74 Å². The predicted molar refractivity (Wildman–Crippen MR) is 137 cm³/mol. The Balaban J connectivity index is 1.39. The van der Waals surface area contributed by atoms with Crippen molar-refractivity contribution in [2.24, 2.45) is 11.1 Å². The minimum atomic E-state index is -0.873. The van der Waals surface area contributed by atoms with Gasteiger partial charge >= 0.3 is 5.97 Å². The van der Waals surface area contributed by atoms with E-state index in [4.69, 9.17) is 14.0 Å². The van der Waals surface area contributed by atoms with Crippen molar-refractivity contribution in [3.05, 3.63) is 108 Å². The van der Waals surface area contributed by atoms with Crippen LogP contribution >= 0.6 is 0 Å². The largest absolute Gasteiger partial charge is 0.487 e. The van der Waals surface area contributed by atoms with Crippen LogP contribution in [0.3, 0.4) is 0 Å². The van der Waals surface area contributed by atoms with E-state index in [2.05, 4.69) is 10.1 Å². The summed E-state index contributed by atoms with van der Waals surface area (Å²) in [6.07, 6.45) is 0.268. The Hall–Kier alpha value is -4.39.